The quantitative estimate of drug-likeness (QED) is 0.843. The second-order valence-electron chi connectivity index (χ2n) is 4.35. The van der Waals surface area contributed by atoms with E-state index in [1.165, 1.54) is 17.8 Å². The number of hydrogen-bond donors (Lipinski definition) is 2. The van der Waals surface area contributed by atoms with Crippen molar-refractivity contribution in [1.29, 1.82) is 5.26 Å². The number of hydrogen-bond acceptors (Lipinski definition) is 4. The average Bonchev–Trinajstić information content (AvgIpc) is 2.80. The first-order valence-corrected chi connectivity index (χ1v) is 6.12. The first kappa shape index (κ1) is 14.3. The van der Waals surface area contributed by atoms with Crippen LogP contribution in [-0.2, 0) is 7.05 Å². The number of carbonyl (C=O) groups is 2. The van der Waals surface area contributed by atoms with Gasteiger partial charge in [0, 0.05) is 18.3 Å². The number of ketones is 1. The Morgan fingerprint density at radius 2 is 1.90 bits per heavy atom. The smallest absolute Gasteiger partial charge is 0.308 e. The maximum atomic E-state index is 11.9. The van der Waals surface area contributed by atoms with Crippen molar-refractivity contribution >= 4 is 23.3 Å². The van der Waals surface area contributed by atoms with Crippen LogP contribution in [0.15, 0.2) is 30.5 Å². The predicted octanol–water partition coefficient (Wildman–Crippen LogP) is 2.14. The van der Waals surface area contributed by atoms with Gasteiger partial charge in [-0.3, -0.25) is 14.8 Å². The van der Waals surface area contributed by atoms with Crippen molar-refractivity contribution < 1.29 is 9.59 Å². The highest BCUT2D eigenvalue weighted by atomic mass is 16.2. The fourth-order valence-corrected chi connectivity index (χ4v) is 1.73. The van der Waals surface area contributed by atoms with Crippen LogP contribution in [0.4, 0.5) is 16.3 Å². The van der Waals surface area contributed by atoms with Crippen molar-refractivity contribution in [2.75, 3.05) is 10.6 Å². The van der Waals surface area contributed by atoms with Crippen LogP contribution in [0.2, 0.25) is 0 Å². The topological polar surface area (TPSA) is 99.8 Å². The van der Waals surface area contributed by atoms with Crippen molar-refractivity contribution in [1.82, 2.24) is 9.78 Å². The van der Waals surface area contributed by atoms with Crippen LogP contribution in [-0.4, -0.2) is 21.6 Å². The van der Waals surface area contributed by atoms with E-state index in [1.807, 2.05) is 6.07 Å². The number of anilines is 2. The number of carbonyl (C=O) groups excluding carboxylic acids is 2. The van der Waals surface area contributed by atoms with Crippen LogP contribution in [0.25, 0.3) is 0 Å². The van der Waals surface area contributed by atoms with Crippen LogP contribution in [0, 0.1) is 11.3 Å². The summed E-state index contributed by atoms with van der Waals surface area (Å²) < 4.78 is 1.40. The molecule has 0 fully saturated rings. The number of nitrogens with one attached hydrogen (secondary N) is 2. The number of benzene rings is 1. The fourth-order valence-electron chi connectivity index (χ4n) is 1.73. The number of aryl methyl sites for hydroxylation is 1. The van der Waals surface area contributed by atoms with Gasteiger partial charge in [-0.05, 0) is 31.2 Å². The molecular weight excluding hydrogens is 270 g/mol. The predicted molar refractivity (Wildman–Crippen MR) is 77.0 cm³/mol. The largest absolute Gasteiger partial charge is 0.324 e. The summed E-state index contributed by atoms with van der Waals surface area (Å²) in [6.45, 7) is 1.47. The highest BCUT2D eigenvalue weighted by Gasteiger charge is 2.11. The molecule has 2 N–H and O–H groups in total. The second kappa shape index (κ2) is 5.88. The fraction of sp³-hybridized carbons (Fsp3) is 0.143. The van der Waals surface area contributed by atoms with Gasteiger partial charge < -0.3 is 5.32 Å². The zero-order valence-corrected chi connectivity index (χ0v) is 11.5. The molecular formula is C14H13N5O2. The first-order valence-electron chi connectivity index (χ1n) is 6.12. The zero-order valence-electron chi connectivity index (χ0n) is 11.5. The molecule has 21 heavy (non-hydrogen) atoms. The molecule has 2 aromatic rings. The Hall–Kier alpha value is -3.14. The maximum Gasteiger partial charge on any atom is 0.324 e. The van der Waals surface area contributed by atoms with Gasteiger partial charge in [-0.2, -0.15) is 10.4 Å². The number of nitriles is 1. The number of rotatable bonds is 3. The van der Waals surface area contributed by atoms with E-state index >= 15 is 0 Å². The Balaban J connectivity index is 2.06. The maximum absolute atomic E-state index is 11.9. The van der Waals surface area contributed by atoms with Gasteiger partial charge in [-0.15, -0.1) is 0 Å². The lowest BCUT2D eigenvalue weighted by Crippen LogP contribution is -2.21. The standard InChI is InChI=1S/C14H13N5O2/c1-9(20)10-3-5-12(6-4-10)17-14(21)18-13-11(7-15)8-16-19(13)2/h3-6,8H,1-2H3,(H2,17,18,21). The van der Waals surface area contributed by atoms with Crippen molar-refractivity contribution in [3.63, 3.8) is 0 Å². The Morgan fingerprint density at radius 3 is 2.48 bits per heavy atom. The van der Waals surface area contributed by atoms with Crippen molar-refractivity contribution in [3.8, 4) is 6.07 Å². The third-order valence-corrected chi connectivity index (χ3v) is 2.84. The summed E-state index contributed by atoms with van der Waals surface area (Å²) in [5.74, 6) is 0.273. The van der Waals surface area contributed by atoms with E-state index in [4.69, 9.17) is 5.26 Å². The highest BCUT2D eigenvalue weighted by molar-refractivity contribution is 6.00. The Morgan fingerprint density at radius 1 is 1.24 bits per heavy atom. The van der Waals surface area contributed by atoms with Gasteiger partial charge in [0.2, 0.25) is 0 Å². The lowest BCUT2D eigenvalue weighted by atomic mass is 10.1. The number of amides is 2. The number of urea groups is 1. The van der Waals surface area contributed by atoms with Crippen LogP contribution >= 0.6 is 0 Å². The molecule has 0 radical (unpaired) electrons. The van der Waals surface area contributed by atoms with Crippen molar-refractivity contribution in [3.05, 3.63) is 41.6 Å². The highest BCUT2D eigenvalue weighted by Crippen LogP contribution is 2.14. The summed E-state index contributed by atoms with van der Waals surface area (Å²) in [6.07, 6.45) is 1.37. The van der Waals surface area contributed by atoms with Crippen molar-refractivity contribution in [2.24, 2.45) is 7.05 Å². The molecule has 1 aromatic heterocycles. The Kier molecular flexibility index (Phi) is 4.00. The summed E-state index contributed by atoms with van der Waals surface area (Å²) in [5.41, 5.74) is 1.39. The molecule has 106 valence electrons. The first-order chi connectivity index (χ1) is 10.0. The number of Topliss-reactive ketones (excluding diaryl/α,β-unsaturated/α-hetero) is 1. The van der Waals surface area contributed by atoms with Crippen LogP contribution < -0.4 is 10.6 Å². The summed E-state index contributed by atoms with van der Waals surface area (Å²) in [7, 11) is 1.62. The minimum absolute atomic E-state index is 0.0421. The summed E-state index contributed by atoms with van der Waals surface area (Å²) >= 11 is 0. The van der Waals surface area contributed by atoms with Gasteiger partial charge in [0.25, 0.3) is 0 Å². The van der Waals surface area contributed by atoms with E-state index < -0.39 is 6.03 Å². The lowest BCUT2D eigenvalue weighted by molar-refractivity contribution is 0.101. The minimum atomic E-state index is -0.495. The molecule has 1 heterocycles. The molecule has 7 nitrogen and oxygen atoms in total. The normalized spacial score (nSPS) is 9.76. The number of nitrogens with zero attached hydrogens (tertiary/aromatic N) is 3. The minimum Gasteiger partial charge on any atom is -0.308 e. The summed E-state index contributed by atoms with van der Waals surface area (Å²) in [4.78, 5) is 23.0. The zero-order chi connectivity index (χ0) is 15.4. The van der Waals surface area contributed by atoms with Crippen molar-refractivity contribution in [2.45, 2.75) is 6.92 Å². The van der Waals surface area contributed by atoms with E-state index in [1.54, 1.807) is 31.3 Å². The van der Waals surface area contributed by atoms with E-state index in [-0.39, 0.29) is 11.3 Å². The van der Waals surface area contributed by atoms with E-state index in [9.17, 15) is 9.59 Å². The molecule has 0 saturated heterocycles. The van der Waals surface area contributed by atoms with Crippen LogP contribution in [0.5, 0.6) is 0 Å². The SMILES string of the molecule is CC(=O)c1ccc(NC(=O)Nc2c(C#N)cnn2C)cc1. The van der Waals surface area contributed by atoms with E-state index in [2.05, 4.69) is 15.7 Å². The molecule has 1 aromatic carbocycles. The number of aromatic nitrogens is 2. The molecule has 0 bridgehead atoms. The van der Waals surface area contributed by atoms with E-state index in [0.29, 0.717) is 17.1 Å². The van der Waals surface area contributed by atoms with E-state index in [0.717, 1.165) is 0 Å². The molecule has 0 spiro atoms. The average molecular weight is 283 g/mol. The molecule has 0 atom stereocenters. The Labute approximate surface area is 121 Å². The second-order valence-corrected chi connectivity index (χ2v) is 4.35. The molecule has 2 amide bonds. The molecule has 0 aliphatic heterocycles. The summed E-state index contributed by atoms with van der Waals surface area (Å²) in [6, 6.07) is 7.96. The molecule has 0 saturated carbocycles. The van der Waals surface area contributed by atoms with Gasteiger partial charge in [0.05, 0.1) is 6.20 Å². The molecule has 2 rings (SSSR count). The van der Waals surface area contributed by atoms with Gasteiger partial charge in [-0.1, -0.05) is 0 Å². The van der Waals surface area contributed by atoms with Crippen LogP contribution in [0.1, 0.15) is 22.8 Å². The van der Waals surface area contributed by atoms with Gasteiger partial charge in [-0.25, -0.2) is 4.79 Å². The Bertz CT molecular complexity index is 725. The third kappa shape index (κ3) is 3.25. The molecule has 0 aliphatic carbocycles. The third-order valence-electron chi connectivity index (χ3n) is 2.84. The van der Waals surface area contributed by atoms with Gasteiger partial charge >= 0.3 is 6.03 Å². The monoisotopic (exact) mass is 283 g/mol. The molecule has 0 aliphatic rings. The molecule has 0 unspecified atom stereocenters. The van der Waals surface area contributed by atoms with Gasteiger partial charge in [0.15, 0.2) is 5.78 Å². The van der Waals surface area contributed by atoms with Crippen LogP contribution in [0.3, 0.4) is 0 Å². The summed E-state index contributed by atoms with van der Waals surface area (Å²) in [5, 5.41) is 18.0. The molecule has 7 heteroatoms. The van der Waals surface area contributed by atoms with Gasteiger partial charge in [0.1, 0.15) is 17.5 Å². The lowest BCUT2D eigenvalue weighted by Gasteiger charge is -2.08.